The number of aromatic nitrogens is 1. The number of hydrogen-bond acceptors (Lipinski definition) is 2. The number of methoxy groups -OCH3 is 1. The maximum absolute atomic E-state index is 10.9. The Balaban J connectivity index is 2.47. The highest BCUT2D eigenvalue weighted by molar-refractivity contribution is 5.66. The highest BCUT2D eigenvalue weighted by Gasteiger charge is 2.07. The molecule has 0 saturated carbocycles. The molecule has 0 radical (unpaired) electrons. The number of rotatable bonds is 2. The SMILES string of the molecule is COC(=O)N(C)Cc1ccc[nH]1. The largest absolute Gasteiger partial charge is 0.453 e. The van der Waals surface area contributed by atoms with Crippen LogP contribution < -0.4 is 0 Å². The van der Waals surface area contributed by atoms with Crippen LogP contribution in [0.4, 0.5) is 4.79 Å². The maximum Gasteiger partial charge on any atom is 0.409 e. The summed E-state index contributed by atoms with van der Waals surface area (Å²) in [6, 6.07) is 3.81. The lowest BCUT2D eigenvalue weighted by atomic mass is 10.4. The van der Waals surface area contributed by atoms with Gasteiger partial charge in [0.05, 0.1) is 13.7 Å². The van der Waals surface area contributed by atoms with Gasteiger partial charge in [-0.15, -0.1) is 0 Å². The van der Waals surface area contributed by atoms with Crippen molar-refractivity contribution in [1.29, 1.82) is 0 Å². The second-order valence-corrected chi connectivity index (χ2v) is 2.52. The smallest absolute Gasteiger partial charge is 0.409 e. The fourth-order valence-electron chi connectivity index (χ4n) is 0.942. The third-order valence-corrected chi connectivity index (χ3v) is 1.56. The monoisotopic (exact) mass is 168 g/mol. The van der Waals surface area contributed by atoms with Gasteiger partial charge in [0.25, 0.3) is 0 Å². The number of amides is 1. The molecule has 12 heavy (non-hydrogen) atoms. The highest BCUT2D eigenvalue weighted by Crippen LogP contribution is 2.00. The van der Waals surface area contributed by atoms with Crippen LogP contribution in [0.5, 0.6) is 0 Å². The van der Waals surface area contributed by atoms with Gasteiger partial charge >= 0.3 is 6.09 Å². The summed E-state index contributed by atoms with van der Waals surface area (Å²) in [6.07, 6.45) is 1.49. The van der Waals surface area contributed by atoms with Crippen LogP contribution in [-0.2, 0) is 11.3 Å². The van der Waals surface area contributed by atoms with Gasteiger partial charge in [0.1, 0.15) is 0 Å². The molecular formula is C8H12N2O2. The fourth-order valence-corrected chi connectivity index (χ4v) is 0.942. The van der Waals surface area contributed by atoms with E-state index < -0.39 is 0 Å². The first-order valence-corrected chi connectivity index (χ1v) is 3.65. The highest BCUT2D eigenvalue weighted by atomic mass is 16.5. The zero-order valence-electron chi connectivity index (χ0n) is 7.20. The molecule has 1 aromatic heterocycles. The molecule has 1 rings (SSSR count). The molecule has 0 aliphatic heterocycles. The van der Waals surface area contributed by atoms with Gasteiger partial charge in [-0.1, -0.05) is 0 Å². The van der Waals surface area contributed by atoms with Gasteiger partial charge in [0, 0.05) is 18.9 Å². The molecule has 0 aromatic carbocycles. The van der Waals surface area contributed by atoms with E-state index in [4.69, 9.17) is 0 Å². The lowest BCUT2D eigenvalue weighted by Gasteiger charge is -2.13. The van der Waals surface area contributed by atoms with Gasteiger partial charge in [0.2, 0.25) is 0 Å². The van der Waals surface area contributed by atoms with Crippen molar-refractivity contribution < 1.29 is 9.53 Å². The van der Waals surface area contributed by atoms with Crippen LogP contribution in [0.2, 0.25) is 0 Å². The van der Waals surface area contributed by atoms with Gasteiger partial charge < -0.3 is 14.6 Å². The van der Waals surface area contributed by atoms with Crippen LogP contribution in [0.3, 0.4) is 0 Å². The van der Waals surface area contributed by atoms with E-state index in [2.05, 4.69) is 9.72 Å². The van der Waals surface area contributed by atoms with Crippen LogP contribution in [0.1, 0.15) is 5.69 Å². The summed E-state index contributed by atoms with van der Waals surface area (Å²) in [5, 5.41) is 0. The maximum atomic E-state index is 10.9. The second kappa shape index (κ2) is 3.80. The van der Waals surface area contributed by atoms with E-state index in [0.717, 1.165) is 5.69 Å². The number of nitrogens with zero attached hydrogens (tertiary/aromatic N) is 1. The van der Waals surface area contributed by atoms with E-state index in [1.165, 1.54) is 12.0 Å². The zero-order chi connectivity index (χ0) is 8.97. The summed E-state index contributed by atoms with van der Waals surface area (Å²) in [4.78, 5) is 15.4. The van der Waals surface area contributed by atoms with Crippen LogP contribution in [0.25, 0.3) is 0 Å². The summed E-state index contributed by atoms with van der Waals surface area (Å²) < 4.78 is 4.53. The van der Waals surface area contributed by atoms with Crippen molar-refractivity contribution >= 4 is 6.09 Å². The molecule has 0 aliphatic carbocycles. The number of hydrogen-bond donors (Lipinski definition) is 1. The third-order valence-electron chi connectivity index (χ3n) is 1.56. The number of carbonyl (C=O) groups excluding carboxylic acids is 1. The van der Waals surface area contributed by atoms with Gasteiger partial charge in [-0.05, 0) is 12.1 Å². The Kier molecular flexibility index (Phi) is 2.74. The first-order chi connectivity index (χ1) is 5.74. The Morgan fingerprint density at radius 2 is 2.50 bits per heavy atom. The number of ether oxygens (including phenoxy) is 1. The van der Waals surface area contributed by atoms with E-state index in [1.807, 2.05) is 18.3 Å². The van der Waals surface area contributed by atoms with Crippen molar-refractivity contribution in [3.63, 3.8) is 0 Å². The van der Waals surface area contributed by atoms with Crippen molar-refractivity contribution in [2.45, 2.75) is 6.54 Å². The molecule has 0 saturated heterocycles. The molecule has 1 aromatic rings. The zero-order valence-corrected chi connectivity index (χ0v) is 7.20. The predicted octanol–water partition coefficient (Wildman–Crippen LogP) is 1.21. The molecule has 0 unspecified atom stereocenters. The van der Waals surface area contributed by atoms with Gasteiger partial charge in [-0.25, -0.2) is 4.79 Å². The van der Waals surface area contributed by atoms with Gasteiger partial charge in [-0.2, -0.15) is 0 Å². The standard InChI is InChI=1S/C8H12N2O2/c1-10(8(11)12-2)6-7-4-3-5-9-7/h3-5,9H,6H2,1-2H3. The van der Waals surface area contributed by atoms with Gasteiger partial charge in [0.15, 0.2) is 0 Å². The van der Waals surface area contributed by atoms with E-state index >= 15 is 0 Å². The summed E-state index contributed by atoms with van der Waals surface area (Å²) in [6.45, 7) is 0.541. The Labute approximate surface area is 71.1 Å². The Morgan fingerprint density at radius 3 is 3.00 bits per heavy atom. The molecule has 0 fully saturated rings. The van der Waals surface area contributed by atoms with Crippen LogP contribution >= 0.6 is 0 Å². The van der Waals surface area contributed by atoms with E-state index in [9.17, 15) is 4.79 Å². The van der Waals surface area contributed by atoms with Crippen LogP contribution in [0.15, 0.2) is 18.3 Å². The summed E-state index contributed by atoms with van der Waals surface area (Å²) in [7, 11) is 3.06. The van der Waals surface area contributed by atoms with E-state index in [1.54, 1.807) is 7.05 Å². The van der Waals surface area contributed by atoms with Gasteiger partial charge in [-0.3, -0.25) is 0 Å². The fraction of sp³-hybridized carbons (Fsp3) is 0.375. The third kappa shape index (κ3) is 2.02. The topological polar surface area (TPSA) is 45.3 Å². The van der Waals surface area contributed by atoms with Crippen molar-refractivity contribution in [1.82, 2.24) is 9.88 Å². The minimum Gasteiger partial charge on any atom is -0.453 e. The Hall–Kier alpha value is -1.45. The van der Waals surface area contributed by atoms with Crippen molar-refractivity contribution in [2.75, 3.05) is 14.2 Å². The average molecular weight is 168 g/mol. The van der Waals surface area contributed by atoms with Crippen LogP contribution in [0, 0.1) is 0 Å². The number of H-pyrrole nitrogens is 1. The summed E-state index contributed by atoms with van der Waals surface area (Å²) in [5.74, 6) is 0. The molecule has 0 spiro atoms. The number of nitrogens with one attached hydrogen (secondary N) is 1. The molecule has 0 aliphatic rings. The normalized spacial score (nSPS) is 9.50. The molecule has 66 valence electrons. The molecule has 1 heterocycles. The lowest BCUT2D eigenvalue weighted by molar-refractivity contribution is 0.131. The Bertz CT molecular complexity index is 244. The molecular weight excluding hydrogens is 156 g/mol. The molecule has 0 bridgehead atoms. The predicted molar refractivity (Wildman–Crippen MR) is 44.7 cm³/mol. The quantitative estimate of drug-likeness (QED) is 0.721. The molecule has 1 amide bonds. The second-order valence-electron chi connectivity index (χ2n) is 2.52. The van der Waals surface area contributed by atoms with E-state index in [0.29, 0.717) is 6.54 Å². The minimum atomic E-state index is -0.329. The van der Waals surface area contributed by atoms with E-state index in [-0.39, 0.29) is 6.09 Å². The van der Waals surface area contributed by atoms with Crippen molar-refractivity contribution in [2.24, 2.45) is 0 Å². The minimum absolute atomic E-state index is 0.329. The molecule has 4 nitrogen and oxygen atoms in total. The average Bonchev–Trinajstić information content (AvgIpc) is 2.55. The molecule has 0 atom stereocenters. The van der Waals surface area contributed by atoms with Crippen molar-refractivity contribution in [3.05, 3.63) is 24.0 Å². The summed E-state index contributed by atoms with van der Waals surface area (Å²) >= 11 is 0. The van der Waals surface area contributed by atoms with Crippen LogP contribution in [-0.4, -0.2) is 30.1 Å². The number of aromatic amines is 1. The molecule has 1 N–H and O–H groups in total. The lowest BCUT2D eigenvalue weighted by Crippen LogP contribution is -2.25. The first kappa shape index (κ1) is 8.64. The number of carbonyl (C=O) groups is 1. The first-order valence-electron chi connectivity index (χ1n) is 3.65. The molecule has 4 heteroatoms. The Morgan fingerprint density at radius 1 is 1.75 bits per heavy atom. The summed E-state index contributed by atoms with van der Waals surface area (Å²) in [5.41, 5.74) is 0.989. The van der Waals surface area contributed by atoms with Crippen molar-refractivity contribution in [3.8, 4) is 0 Å².